The molecule has 0 radical (unpaired) electrons. The van der Waals surface area contributed by atoms with Gasteiger partial charge in [-0.05, 0) is 55.0 Å². The third-order valence-corrected chi connectivity index (χ3v) is 7.46. The van der Waals surface area contributed by atoms with Crippen LogP contribution in [0.25, 0.3) is 11.4 Å². The minimum absolute atomic E-state index is 0.0000772. The Balaban J connectivity index is 1.41. The summed E-state index contributed by atoms with van der Waals surface area (Å²) in [5.74, 6) is -0.0357. The molecule has 2 unspecified atom stereocenters. The van der Waals surface area contributed by atoms with Crippen LogP contribution in [0.1, 0.15) is 44.5 Å². The molecule has 5 rings (SSSR count). The predicted molar refractivity (Wildman–Crippen MR) is 142 cm³/mol. The van der Waals surface area contributed by atoms with Gasteiger partial charge >= 0.3 is 5.69 Å². The van der Waals surface area contributed by atoms with Gasteiger partial charge in [-0.3, -0.25) is 9.69 Å². The van der Waals surface area contributed by atoms with Crippen LogP contribution in [0, 0.1) is 11.7 Å². The molecule has 0 N–H and O–H groups in total. The van der Waals surface area contributed by atoms with E-state index in [1.54, 1.807) is 0 Å². The van der Waals surface area contributed by atoms with Crippen molar-refractivity contribution in [3.63, 3.8) is 0 Å². The number of ketones is 1. The van der Waals surface area contributed by atoms with Crippen molar-refractivity contribution >= 4 is 5.78 Å². The monoisotopic (exact) mass is 522 g/mol. The van der Waals surface area contributed by atoms with E-state index in [2.05, 4.69) is 10.00 Å². The number of carbonyl (C=O) groups excluding carboxylic acids is 1. The maximum absolute atomic E-state index is 14.1. The van der Waals surface area contributed by atoms with Crippen LogP contribution < -0.4 is 10.4 Å². The number of hydrogen-bond donors (Lipinski definition) is 0. The van der Waals surface area contributed by atoms with Gasteiger partial charge in [-0.1, -0.05) is 26.0 Å². The van der Waals surface area contributed by atoms with Crippen LogP contribution in [-0.4, -0.2) is 64.0 Å². The molecule has 3 heterocycles. The Morgan fingerprint density at radius 2 is 1.79 bits per heavy atom. The van der Waals surface area contributed by atoms with Gasteiger partial charge in [0.25, 0.3) is 0 Å². The van der Waals surface area contributed by atoms with Crippen LogP contribution in [0.4, 0.5) is 4.39 Å². The summed E-state index contributed by atoms with van der Waals surface area (Å²) < 4.78 is 27.6. The van der Waals surface area contributed by atoms with E-state index in [0.29, 0.717) is 35.7 Å². The highest BCUT2D eigenvalue weighted by molar-refractivity contribution is 5.80. The maximum Gasteiger partial charge on any atom is 0.355 e. The summed E-state index contributed by atoms with van der Waals surface area (Å²) in [4.78, 5) is 28.8. The van der Waals surface area contributed by atoms with Gasteiger partial charge in [0, 0.05) is 31.1 Å². The second-order valence-corrected chi connectivity index (χ2v) is 10.7. The molecule has 202 valence electrons. The van der Waals surface area contributed by atoms with E-state index in [4.69, 9.17) is 9.47 Å². The Hall–Kier alpha value is -3.30. The first-order valence-corrected chi connectivity index (χ1v) is 13.3. The van der Waals surface area contributed by atoms with Crippen LogP contribution >= 0.6 is 0 Å². The molecule has 9 heteroatoms. The lowest BCUT2D eigenvalue weighted by molar-refractivity contribution is -0.119. The zero-order chi connectivity index (χ0) is 26.8. The average molecular weight is 523 g/mol. The molecular formula is C29H35FN4O4. The van der Waals surface area contributed by atoms with Crippen LogP contribution in [0.15, 0.2) is 47.3 Å². The average Bonchev–Trinajstić information content (AvgIpc) is 3.32. The fourth-order valence-corrected chi connectivity index (χ4v) is 5.58. The SMILES string of the molecule is COc1cc(-n2c(CC(=O)CC(C)C)nn(-c3ccc(CCN4C5CCC4COC5)cc3)c2=O)ccc1F. The van der Waals surface area contributed by atoms with Crippen molar-refractivity contribution in [1.82, 2.24) is 19.2 Å². The number of nitrogens with zero attached hydrogens (tertiary/aromatic N) is 4. The lowest BCUT2D eigenvalue weighted by Gasteiger charge is -2.34. The molecule has 2 bridgehead atoms. The number of rotatable bonds is 10. The number of benzene rings is 2. The molecule has 2 fully saturated rings. The summed E-state index contributed by atoms with van der Waals surface area (Å²) in [6.07, 6.45) is 3.71. The molecule has 0 amide bonds. The van der Waals surface area contributed by atoms with Crippen molar-refractivity contribution in [3.05, 3.63) is 70.2 Å². The van der Waals surface area contributed by atoms with E-state index in [-0.39, 0.29) is 23.9 Å². The van der Waals surface area contributed by atoms with Crippen LogP contribution in [0.5, 0.6) is 5.75 Å². The number of aromatic nitrogens is 3. The van der Waals surface area contributed by atoms with Crippen LogP contribution in [0.2, 0.25) is 0 Å². The van der Waals surface area contributed by atoms with E-state index in [1.807, 2.05) is 38.1 Å². The Morgan fingerprint density at radius 3 is 2.45 bits per heavy atom. The van der Waals surface area contributed by atoms with E-state index in [0.717, 1.165) is 26.2 Å². The second-order valence-electron chi connectivity index (χ2n) is 10.7. The van der Waals surface area contributed by atoms with Crippen molar-refractivity contribution in [1.29, 1.82) is 0 Å². The number of fused-ring (bicyclic) bond motifs is 2. The minimum Gasteiger partial charge on any atom is -0.494 e. The molecule has 2 aliphatic rings. The normalized spacial score (nSPS) is 19.3. The third kappa shape index (κ3) is 5.44. The quantitative estimate of drug-likeness (QED) is 0.404. The highest BCUT2D eigenvalue weighted by Gasteiger charge is 2.36. The summed E-state index contributed by atoms with van der Waals surface area (Å²) in [5, 5.41) is 4.55. The largest absolute Gasteiger partial charge is 0.494 e. The Kier molecular flexibility index (Phi) is 7.76. The lowest BCUT2D eigenvalue weighted by Crippen LogP contribution is -2.46. The van der Waals surface area contributed by atoms with Gasteiger partial charge in [-0.15, -0.1) is 5.10 Å². The first-order chi connectivity index (χ1) is 18.3. The van der Waals surface area contributed by atoms with Gasteiger partial charge in [-0.2, -0.15) is 4.68 Å². The van der Waals surface area contributed by atoms with E-state index < -0.39 is 11.5 Å². The maximum atomic E-state index is 14.1. The van der Waals surface area contributed by atoms with Crippen molar-refractivity contribution in [2.24, 2.45) is 5.92 Å². The van der Waals surface area contributed by atoms with Gasteiger partial charge in [0.2, 0.25) is 0 Å². The van der Waals surface area contributed by atoms with Crippen molar-refractivity contribution in [2.75, 3.05) is 26.9 Å². The molecule has 2 aromatic carbocycles. The summed E-state index contributed by atoms with van der Waals surface area (Å²) in [7, 11) is 1.37. The summed E-state index contributed by atoms with van der Waals surface area (Å²) in [6, 6.07) is 13.0. The molecule has 0 spiro atoms. The van der Waals surface area contributed by atoms with Gasteiger partial charge in [-0.25, -0.2) is 13.8 Å². The molecule has 3 aromatic rings. The number of morpholine rings is 1. The molecule has 38 heavy (non-hydrogen) atoms. The number of Topliss-reactive ketones (excluding diaryl/α,β-unsaturated/α-hetero) is 1. The highest BCUT2D eigenvalue weighted by Crippen LogP contribution is 2.29. The molecule has 0 aliphatic carbocycles. The molecular weight excluding hydrogens is 487 g/mol. The molecule has 2 atom stereocenters. The number of carbonyl (C=O) groups is 1. The Morgan fingerprint density at radius 1 is 1.11 bits per heavy atom. The molecule has 0 saturated carbocycles. The molecule has 1 aromatic heterocycles. The van der Waals surface area contributed by atoms with E-state index in [1.165, 1.54) is 53.0 Å². The van der Waals surface area contributed by atoms with E-state index >= 15 is 0 Å². The second kappa shape index (κ2) is 11.2. The summed E-state index contributed by atoms with van der Waals surface area (Å²) >= 11 is 0. The standard InChI is InChI=1S/C29H35FN4O4/c1-19(2)14-25(35)16-28-31-34(29(36)33(28)22-10-11-26(30)27(15-22)37-3)21-6-4-20(5-7-21)12-13-32-23-8-9-24(32)18-38-17-23/h4-7,10-11,15,19,23-24H,8-9,12-14,16-18H2,1-3H3. The number of halogens is 1. The van der Waals surface area contributed by atoms with Gasteiger partial charge in [0.05, 0.1) is 38.1 Å². The molecule has 8 nitrogen and oxygen atoms in total. The van der Waals surface area contributed by atoms with Crippen molar-refractivity contribution in [3.8, 4) is 17.1 Å². The van der Waals surface area contributed by atoms with Crippen molar-refractivity contribution in [2.45, 2.75) is 58.0 Å². The summed E-state index contributed by atoms with van der Waals surface area (Å²) in [6.45, 7) is 6.58. The van der Waals surface area contributed by atoms with E-state index in [9.17, 15) is 14.0 Å². The zero-order valence-electron chi connectivity index (χ0n) is 22.2. The van der Waals surface area contributed by atoms with Crippen molar-refractivity contribution < 1.29 is 18.7 Å². The first kappa shape index (κ1) is 26.3. The first-order valence-electron chi connectivity index (χ1n) is 13.3. The third-order valence-electron chi connectivity index (χ3n) is 7.46. The van der Waals surface area contributed by atoms with Crippen LogP contribution in [-0.2, 0) is 22.4 Å². The number of ether oxygens (including phenoxy) is 2. The lowest BCUT2D eigenvalue weighted by atomic mass is 10.1. The van der Waals surface area contributed by atoms with Gasteiger partial charge in [0.15, 0.2) is 11.6 Å². The highest BCUT2D eigenvalue weighted by atomic mass is 19.1. The summed E-state index contributed by atoms with van der Waals surface area (Å²) in [5.41, 5.74) is 1.76. The fourth-order valence-electron chi connectivity index (χ4n) is 5.58. The molecule has 2 saturated heterocycles. The smallest absolute Gasteiger partial charge is 0.355 e. The number of methoxy groups -OCH3 is 1. The van der Waals surface area contributed by atoms with Crippen LogP contribution in [0.3, 0.4) is 0 Å². The fraction of sp³-hybridized carbons (Fsp3) is 0.483. The number of hydrogen-bond acceptors (Lipinski definition) is 6. The Bertz CT molecular complexity index is 1330. The van der Waals surface area contributed by atoms with Gasteiger partial charge < -0.3 is 9.47 Å². The zero-order valence-corrected chi connectivity index (χ0v) is 22.2. The molecule has 2 aliphatic heterocycles. The topological polar surface area (TPSA) is 78.6 Å². The Labute approximate surface area is 222 Å². The minimum atomic E-state index is -0.533. The van der Waals surface area contributed by atoms with Gasteiger partial charge in [0.1, 0.15) is 11.6 Å². The predicted octanol–water partition coefficient (Wildman–Crippen LogP) is 3.73.